The highest BCUT2D eigenvalue weighted by molar-refractivity contribution is 5.72. The van der Waals surface area contributed by atoms with Gasteiger partial charge in [0.1, 0.15) is 37.6 Å². The number of aliphatic hydroxyl groups excluding tert-OH is 4. The Morgan fingerprint density at radius 3 is 1.62 bits per heavy atom. The molecule has 0 aromatic rings. The molecule has 0 unspecified atom stereocenters. The molecule has 2 saturated heterocycles. The second kappa shape index (κ2) is 19.0. The van der Waals surface area contributed by atoms with Crippen molar-refractivity contribution in [2.45, 2.75) is 142 Å². The number of carbonyl (C=O) groups is 4. The minimum Gasteiger partial charge on any atom is -0.463 e. The van der Waals surface area contributed by atoms with Crippen LogP contribution in [0, 0.1) is 17.8 Å². The van der Waals surface area contributed by atoms with Gasteiger partial charge in [0.2, 0.25) is 12.1 Å². The van der Waals surface area contributed by atoms with E-state index in [9.17, 15) is 39.6 Å². The molecule has 0 aliphatic carbocycles. The molecule has 47 heavy (non-hydrogen) atoms. The molecule has 2 aliphatic rings. The average molecular weight is 679 g/mol. The van der Waals surface area contributed by atoms with Crippen LogP contribution in [0.4, 0.5) is 0 Å². The van der Waals surface area contributed by atoms with E-state index >= 15 is 0 Å². The van der Waals surface area contributed by atoms with E-state index in [1.54, 1.807) is 0 Å². The monoisotopic (exact) mass is 678 g/mol. The fourth-order valence-corrected chi connectivity index (χ4v) is 5.06. The molecule has 0 aromatic carbocycles. The van der Waals surface area contributed by atoms with Gasteiger partial charge < -0.3 is 53.6 Å². The third-order valence-corrected chi connectivity index (χ3v) is 8.70. The van der Waals surface area contributed by atoms with Crippen molar-refractivity contribution >= 4 is 23.9 Å². The van der Waals surface area contributed by atoms with Gasteiger partial charge in [-0.2, -0.15) is 0 Å². The fourth-order valence-electron chi connectivity index (χ4n) is 5.06. The Kier molecular flexibility index (Phi) is 16.4. The summed E-state index contributed by atoms with van der Waals surface area (Å²) in [7, 11) is 0. The van der Waals surface area contributed by atoms with E-state index in [4.69, 9.17) is 33.2 Å². The molecule has 0 aromatic heterocycles. The molecule has 0 saturated carbocycles. The first-order chi connectivity index (χ1) is 22.1. The van der Waals surface area contributed by atoms with Gasteiger partial charge in [-0.3, -0.25) is 19.2 Å². The minimum absolute atomic E-state index is 0.00664. The van der Waals surface area contributed by atoms with E-state index in [0.717, 1.165) is 6.92 Å². The molecule has 0 spiro atoms. The van der Waals surface area contributed by atoms with Crippen LogP contribution in [0.25, 0.3) is 0 Å². The van der Waals surface area contributed by atoms with Crippen LogP contribution in [-0.2, 0) is 52.3 Å². The smallest absolute Gasteiger partial charge is 0.306 e. The highest BCUT2D eigenvalue weighted by Gasteiger charge is 2.60. The summed E-state index contributed by atoms with van der Waals surface area (Å²) in [5.74, 6) is -5.53. The molecule has 15 nitrogen and oxygen atoms in total. The summed E-state index contributed by atoms with van der Waals surface area (Å²) < 4.78 is 40.4. The molecule has 0 amide bonds. The van der Waals surface area contributed by atoms with Gasteiger partial charge in [0, 0.05) is 26.2 Å². The lowest BCUT2D eigenvalue weighted by Gasteiger charge is -2.46. The summed E-state index contributed by atoms with van der Waals surface area (Å²) in [4.78, 5) is 51.5. The molecule has 0 bridgehead atoms. The third-order valence-electron chi connectivity index (χ3n) is 8.70. The van der Waals surface area contributed by atoms with E-state index < -0.39 is 98.5 Å². The van der Waals surface area contributed by atoms with E-state index in [-0.39, 0.29) is 37.0 Å². The van der Waals surface area contributed by atoms with Crippen LogP contribution < -0.4 is 0 Å². The van der Waals surface area contributed by atoms with Gasteiger partial charge in [-0.25, -0.2) is 0 Å². The van der Waals surface area contributed by atoms with Gasteiger partial charge in [0.25, 0.3) is 0 Å². The van der Waals surface area contributed by atoms with Crippen LogP contribution in [0.2, 0.25) is 0 Å². The van der Waals surface area contributed by atoms with Gasteiger partial charge in [0.15, 0.2) is 18.3 Å². The number of rotatable bonds is 18. The lowest BCUT2D eigenvalue weighted by atomic mass is 9.96. The van der Waals surface area contributed by atoms with Crippen molar-refractivity contribution in [3.05, 3.63) is 0 Å². The van der Waals surface area contributed by atoms with Crippen molar-refractivity contribution in [1.82, 2.24) is 0 Å². The van der Waals surface area contributed by atoms with Crippen LogP contribution in [-0.4, -0.2) is 119 Å². The molecule has 272 valence electrons. The van der Waals surface area contributed by atoms with Crippen LogP contribution in [0.5, 0.6) is 0 Å². The van der Waals surface area contributed by atoms with E-state index in [1.165, 1.54) is 0 Å². The fraction of sp³-hybridized carbons (Fsp3) is 0.875. The second-order valence-electron chi connectivity index (χ2n) is 12.7. The van der Waals surface area contributed by atoms with Crippen molar-refractivity contribution in [3.63, 3.8) is 0 Å². The van der Waals surface area contributed by atoms with Gasteiger partial charge in [-0.15, -0.1) is 0 Å². The number of esters is 4. The molecule has 2 heterocycles. The molecular formula is C32H54O15. The van der Waals surface area contributed by atoms with Crippen molar-refractivity contribution < 1.29 is 72.8 Å². The maximum Gasteiger partial charge on any atom is 0.306 e. The summed E-state index contributed by atoms with van der Waals surface area (Å²) in [6, 6.07) is 0. The quantitative estimate of drug-likeness (QED) is 0.118. The zero-order chi connectivity index (χ0) is 35.5. The Labute approximate surface area is 276 Å². The van der Waals surface area contributed by atoms with Gasteiger partial charge >= 0.3 is 23.9 Å². The number of hydrogen-bond acceptors (Lipinski definition) is 15. The van der Waals surface area contributed by atoms with Crippen LogP contribution >= 0.6 is 0 Å². The van der Waals surface area contributed by atoms with E-state index in [1.807, 2.05) is 41.5 Å². The first-order valence-corrected chi connectivity index (χ1v) is 16.5. The normalized spacial score (nSPS) is 32.6. The van der Waals surface area contributed by atoms with Gasteiger partial charge in [-0.05, 0) is 17.8 Å². The SMILES string of the molecule is CC[C@@H](C)CC(=O)O[C@@H]1[C@@H](OC(=O)C[C@H](C)CC)[C@@H](O[C@]2(CO)O[C@H](CO)[C@@H](O)[C@@H]2O)O[C@H](COC(C)=O)[C@H]1OC(=O)C[C@@H](C)CC. The lowest BCUT2D eigenvalue weighted by Crippen LogP contribution is -2.65. The minimum atomic E-state index is -2.41. The summed E-state index contributed by atoms with van der Waals surface area (Å²) in [5, 5.41) is 41.3. The Bertz CT molecular complexity index is 1020. The van der Waals surface area contributed by atoms with E-state index in [0.29, 0.717) is 19.3 Å². The summed E-state index contributed by atoms with van der Waals surface area (Å²) in [6.07, 6.45) is -11.1. The van der Waals surface area contributed by atoms with Crippen LogP contribution in [0.15, 0.2) is 0 Å². The van der Waals surface area contributed by atoms with Crippen LogP contribution in [0.1, 0.15) is 87.0 Å². The molecule has 4 N–H and O–H groups in total. The largest absolute Gasteiger partial charge is 0.463 e. The van der Waals surface area contributed by atoms with Gasteiger partial charge in [0.05, 0.1) is 6.61 Å². The second-order valence-corrected chi connectivity index (χ2v) is 12.7. The molecule has 0 radical (unpaired) electrons. The standard InChI is InChI=1S/C32H54O15/c1-8-17(4)11-23(36)43-27-22(15-41-20(7)35)42-31(47-32(16-34)30(40)26(39)21(14-33)46-32)29(45-25(38)13-19(6)10-3)28(27)44-24(37)12-18(5)9-2/h17-19,21-22,26-31,33-34,39-40H,8-16H2,1-7H3/t17-,18+,19+,21+,22+,26+,27+,28-,29+,30-,31+,32-/m0/s1. The molecule has 2 aliphatic heterocycles. The average Bonchev–Trinajstić information content (AvgIpc) is 3.27. The van der Waals surface area contributed by atoms with Crippen molar-refractivity contribution in [3.8, 4) is 0 Å². The third kappa shape index (κ3) is 11.3. The number of carbonyl (C=O) groups excluding carboxylic acids is 4. The number of aliphatic hydroxyl groups is 4. The molecule has 12 atom stereocenters. The Morgan fingerprint density at radius 2 is 1.21 bits per heavy atom. The molecule has 15 heteroatoms. The van der Waals surface area contributed by atoms with E-state index in [2.05, 4.69) is 0 Å². The molecule has 2 rings (SSSR count). The zero-order valence-electron chi connectivity index (χ0n) is 28.5. The first kappa shape index (κ1) is 40.8. The maximum atomic E-state index is 13.3. The Hall–Kier alpha value is -2.40. The first-order valence-electron chi connectivity index (χ1n) is 16.5. The highest BCUT2D eigenvalue weighted by atomic mass is 16.8. The molecular weight excluding hydrogens is 624 g/mol. The number of hydrogen-bond donors (Lipinski definition) is 4. The number of ether oxygens (including phenoxy) is 7. The highest BCUT2D eigenvalue weighted by Crippen LogP contribution is 2.38. The summed E-state index contributed by atoms with van der Waals surface area (Å²) >= 11 is 0. The molecule has 2 fully saturated rings. The van der Waals surface area contributed by atoms with Crippen molar-refractivity contribution in [2.75, 3.05) is 19.8 Å². The summed E-state index contributed by atoms with van der Waals surface area (Å²) in [6.45, 7) is 9.98. The van der Waals surface area contributed by atoms with Gasteiger partial charge in [-0.1, -0.05) is 60.8 Å². The van der Waals surface area contributed by atoms with Crippen molar-refractivity contribution in [2.24, 2.45) is 17.8 Å². The topological polar surface area (TPSA) is 214 Å². The van der Waals surface area contributed by atoms with Crippen LogP contribution in [0.3, 0.4) is 0 Å². The summed E-state index contributed by atoms with van der Waals surface area (Å²) in [5.41, 5.74) is 0. The predicted molar refractivity (Wildman–Crippen MR) is 162 cm³/mol. The Morgan fingerprint density at radius 1 is 0.745 bits per heavy atom. The van der Waals surface area contributed by atoms with Crippen molar-refractivity contribution in [1.29, 1.82) is 0 Å². The Balaban J connectivity index is 2.67. The zero-order valence-corrected chi connectivity index (χ0v) is 28.5. The lowest BCUT2D eigenvalue weighted by molar-refractivity contribution is -0.384. The predicted octanol–water partition coefficient (Wildman–Crippen LogP) is 1.14. The maximum absolute atomic E-state index is 13.3.